The molecule has 0 atom stereocenters. The van der Waals surface area contributed by atoms with Crippen LogP contribution in [0.2, 0.25) is 0 Å². The summed E-state index contributed by atoms with van der Waals surface area (Å²) in [5.74, 6) is 10.1. The van der Waals surface area contributed by atoms with E-state index in [9.17, 15) is 9.90 Å². The highest BCUT2D eigenvalue weighted by Crippen LogP contribution is 2.18. The molecule has 0 fully saturated rings. The summed E-state index contributed by atoms with van der Waals surface area (Å²) in [6.07, 6.45) is 0.442. The van der Waals surface area contributed by atoms with Crippen molar-refractivity contribution >= 4 is 5.97 Å². The number of carboxylic acids is 1. The molecule has 0 aliphatic carbocycles. The van der Waals surface area contributed by atoms with Crippen LogP contribution in [0.15, 0.2) is 42.5 Å². The summed E-state index contributed by atoms with van der Waals surface area (Å²) in [4.78, 5) is 10.8. The molecule has 0 radical (unpaired) electrons. The normalized spacial score (nSPS) is 9.26. The van der Waals surface area contributed by atoms with Gasteiger partial charge in [0.15, 0.2) is 0 Å². The van der Waals surface area contributed by atoms with Crippen LogP contribution in [-0.2, 0) is 0 Å². The van der Waals surface area contributed by atoms with Crippen molar-refractivity contribution in [3.05, 3.63) is 64.7 Å². The number of carboxylic acid groups (broad SMARTS) is 1. The molecule has 0 aliphatic heterocycles. The molecule has 4 heteroatoms. The lowest BCUT2D eigenvalue weighted by atomic mass is 10.1. The zero-order valence-corrected chi connectivity index (χ0v) is 12.2. The summed E-state index contributed by atoms with van der Waals surface area (Å²) < 4.78 is 0. The number of benzene rings is 2. The van der Waals surface area contributed by atoms with Gasteiger partial charge in [-0.05, 0) is 42.5 Å². The Balaban J connectivity index is 2.15. The van der Waals surface area contributed by atoms with Gasteiger partial charge >= 0.3 is 5.97 Å². The Morgan fingerprint density at radius 3 is 2.04 bits per heavy atom. The van der Waals surface area contributed by atoms with Gasteiger partial charge in [-0.3, -0.25) is 0 Å². The Bertz CT molecular complexity index is 828. The molecule has 0 spiro atoms. The van der Waals surface area contributed by atoms with Crippen LogP contribution in [0.5, 0.6) is 5.75 Å². The van der Waals surface area contributed by atoms with Crippen molar-refractivity contribution in [1.29, 1.82) is 0 Å². The molecule has 2 aromatic carbocycles. The van der Waals surface area contributed by atoms with Crippen molar-refractivity contribution in [1.82, 2.24) is 0 Å². The first-order valence-electron chi connectivity index (χ1n) is 6.88. The van der Waals surface area contributed by atoms with E-state index in [2.05, 4.69) is 23.7 Å². The highest BCUT2D eigenvalue weighted by atomic mass is 16.4. The number of aromatic hydroxyl groups is 1. The van der Waals surface area contributed by atoms with E-state index >= 15 is 0 Å². The van der Waals surface area contributed by atoms with E-state index < -0.39 is 5.97 Å². The van der Waals surface area contributed by atoms with Gasteiger partial charge in [-0.25, -0.2) is 4.79 Å². The SMILES string of the molecule is O=C(O)c1ccc(C#Cc2ccc(C#CCCO)cc2)cc1O. The van der Waals surface area contributed by atoms with E-state index in [0.29, 0.717) is 12.0 Å². The van der Waals surface area contributed by atoms with Crippen LogP contribution in [0, 0.1) is 23.7 Å². The number of aromatic carboxylic acids is 1. The lowest BCUT2D eigenvalue weighted by molar-refractivity contribution is 0.0693. The molecule has 0 bridgehead atoms. The van der Waals surface area contributed by atoms with E-state index in [1.54, 1.807) is 6.07 Å². The fourth-order valence-corrected chi connectivity index (χ4v) is 1.79. The number of rotatable bonds is 2. The van der Waals surface area contributed by atoms with E-state index in [1.807, 2.05) is 24.3 Å². The Labute approximate surface area is 134 Å². The van der Waals surface area contributed by atoms with Crippen LogP contribution in [0.4, 0.5) is 0 Å². The lowest BCUT2D eigenvalue weighted by Gasteiger charge is -1.99. The van der Waals surface area contributed by atoms with E-state index in [4.69, 9.17) is 10.2 Å². The van der Waals surface area contributed by atoms with Gasteiger partial charge < -0.3 is 15.3 Å². The van der Waals surface area contributed by atoms with Crippen LogP contribution in [0.25, 0.3) is 0 Å². The van der Waals surface area contributed by atoms with Gasteiger partial charge in [0, 0.05) is 23.1 Å². The Morgan fingerprint density at radius 2 is 1.48 bits per heavy atom. The number of hydrogen-bond acceptors (Lipinski definition) is 3. The first-order chi connectivity index (χ1) is 11.1. The summed E-state index contributed by atoms with van der Waals surface area (Å²) in [7, 11) is 0. The molecule has 114 valence electrons. The van der Waals surface area contributed by atoms with Gasteiger partial charge in [-0.2, -0.15) is 0 Å². The van der Waals surface area contributed by atoms with Crippen molar-refractivity contribution in [2.75, 3.05) is 6.61 Å². The van der Waals surface area contributed by atoms with Crippen LogP contribution >= 0.6 is 0 Å². The minimum absolute atomic E-state index is 0.0457. The van der Waals surface area contributed by atoms with Crippen LogP contribution in [0.1, 0.15) is 33.5 Å². The lowest BCUT2D eigenvalue weighted by Crippen LogP contribution is -1.96. The van der Waals surface area contributed by atoms with Crippen molar-refractivity contribution < 1.29 is 20.1 Å². The third-order valence-corrected chi connectivity index (χ3v) is 2.93. The Morgan fingerprint density at radius 1 is 0.913 bits per heavy atom. The first kappa shape index (κ1) is 16.2. The maximum Gasteiger partial charge on any atom is 0.339 e. The van der Waals surface area contributed by atoms with Gasteiger partial charge in [0.2, 0.25) is 0 Å². The third-order valence-electron chi connectivity index (χ3n) is 2.93. The molecule has 2 aromatic rings. The van der Waals surface area contributed by atoms with Crippen LogP contribution in [0.3, 0.4) is 0 Å². The number of aliphatic hydroxyl groups is 1. The summed E-state index contributed by atoms with van der Waals surface area (Å²) in [6, 6.07) is 11.5. The standard InChI is InChI=1S/C19H14O4/c20-12-2-1-3-14-4-6-15(7-5-14)8-9-16-10-11-17(19(22)23)18(21)13-16/h4-7,10-11,13,20-21H,2,12H2,(H,22,23). The molecule has 0 aromatic heterocycles. The highest BCUT2D eigenvalue weighted by molar-refractivity contribution is 5.90. The Hall–Kier alpha value is -3.21. The first-order valence-corrected chi connectivity index (χ1v) is 6.88. The number of phenols is 1. The number of carbonyl (C=O) groups is 1. The van der Waals surface area contributed by atoms with Gasteiger partial charge in [-0.1, -0.05) is 23.7 Å². The van der Waals surface area contributed by atoms with Gasteiger partial charge in [0.25, 0.3) is 0 Å². The zero-order chi connectivity index (χ0) is 16.7. The Kier molecular flexibility index (Phi) is 5.41. The highest BCUT2D eigenvalue weighted by Gasteiger charge is 2.08. The molecule has 0 aliphatic rings. The fourth-order valence-electron chi connectivity index (χ4n) is 1.79. The summed E-state index contributed by atoms with van der Waals surface area (Å²) in [6.45, 7) is 0.0457. The molecule has 0 amide bonds. The van der Waals surface area contributed by atoms with Crippen molar-refractivity contribution in [3.8, 4) is 29.4 Å². The number of aliphatic hydroxyl groups excluding tert-OH is 1. The fraction of sp³-hybridized carbons (Fsp3) is 0.105. The molecular formula is C19H14O4. The van der Waals surface area contributed by atoms with E-state index in [-0.39, 0.29) is 17.9 Å². The molecule has 2 rings (SSSR count). The van der Waals surface area contributed by atoms with Crippen LogP contribution < -0.4 is 0 Å². The monoisotopic (exact) mass is 306 g/mol. The predicted molar refractivity (Wildman–Crippen MR) is 86.1 cm³/mol. The maximum atomic E-state index is 10.8. The summed E-state index contributed by atoms with van der Waals surface area (Å²) >= 11 is 0. The van der Waals surface area contributed by atoms with Gasteiger partial charge in [0.1, 0.15) is 11.3 Å². The van der Waals surface area contributed by atoms with Gasteiger partial charge in [-0.15, -0.1) is 0 Å². The van der Waals surface area contributed by atoms with E-state index in [1.165, 1.54) is 12.1 Å². The van der Waals surface area contributed by atoms with Crippen molar-refractivity contribution in [2.24, 2.45) is 0 Å². The van der Waals surface area contributed by atoms with E-state index in [0.717, 1.165) is 11.1 Å². The quantitative estimate of drug-likeness (QED) is 0.744. The molecule has 0 heterocycles. The van der Waals surface area contributed by atoms with Crippen molar-refractivity contribution in [3.63, 3.8) is 0 Å². The molecule has 4 nitrogen and oxygen atoms in total. The molecule has 0 unspecified atom stereocenters. The molecular weight excluding hydrogens is 292 g/mol. The third kappa shape index (κ3) is 4.64. The summed E-state index contributed by atoms with van der Waals surface area (Å²) in [5, 5.41) is 27.1. The van der Waals surface area contributed by atoms with Gasteiger partial charge in [0.05, 0.1) is 6.61 Å². The molecule has 0 saturated carbocycles. The van der Waals surface area contributed by atoms with Crippen molar-refractivity contribution in [2.45, 2.75) is 6.42 Å². The molecule has 3 N–H and O–H groups in total. The second-order valence-corrected chi connectivity index (χ2v) is 4.64. The smallest absolute Gasteiger partial charge is 0.339 e. The minimum Gasteiger partial charge on any atom is -0.507 e. The van der Waals surface area contributed by atoms with Crippen LogP contribution in [-0.4, -0.2) is 27.9 Å². The zero-order valence-electron chi connectivity index (χ0n) is 12.2. The average Bonchev–Trinajstić information content (AvgIpc) is 2.54. The second-order valence-electron chi connectivity index (χ2n) is 4.64. The minimum atomic E-state index is -1.18. The summed E-state index contributed by atoms with van der Waals surface area (Å²) in [5.41, 5.74) is 1.99. The molecule has 0 saturated heterocycles. The topological polar surface area (TPSA) is 77.8 Å². The largest absolute Gasteiger partial charge is 0.507 e. The average molecular weight is 306 g/mol. The predicted octanol–water partition coefficient (Wildman–Crippen LogP) is 2.22. The molecule has 23 heavy (non-hydrogen) atoms. The number of hydrogen-bond donors (Lipinski definition) is 3. The second kappa shape index (κ2) is 7.70. The maximum absolute atomic E-state index is 10.8.